The van der Waals surface area contributed by atoms with E-state index in [1.165, 1.54) is 0 Å². The van der Waals surface area contributed by atoms with Crippen molar-refractivity contribution >= 4 is 49.3 Å². The van der Waals surface area contributed by atoms with Crippen LogP contribution in [0.1, 0.15) is 19.3 Å². The molecular weight excluding hydrogens is 636 g/mol. The Kier molecular flexibility index (Phi) is 34.3. The average Bonchev–Trinajstić information content (AvgIpc) is 2.46. The van der Waals surface area contributed by atoms with Gasteiger partial charge in [0.05, 0.1) is 36.2 Å². The molecule has 0 aliphatic carbocycles. The minimum absolute atomic E-state index is 0. The smallest absolute Gasteiger partial charge is 0.550 e. The van der Waals surface area contributed by atoms with Crippen LogP contribution in [0.25, 0.3) is 0 Å². The van der Waals surface area contributed by atoms with Gasteiger partial charge >= 0.3 is 51.9 Å². The topological polar surface area (TPSA) is 301 Å². The molecule has 3 unspecified atom stereocenters. The molecule has 0 spiro atoms. The molecule has 18 heteroatoms. The zero-order chi connectivity index (χ0) is 22.3. The molecule has 172 valence electrons. The van der Waals surface area contributed by atoms with Crippen molar-refractivity contribution in [2.75, 3.05) is 0 Å². The summed E-state index contributed by atoms with van der Waals surface area (Å²) in [5.41, 5.74) is 0. The standard InChI is InChI=1S/3C4H6O5.Au.Na.H4S/c3*5-2(4(8)9)1-3(6)7;;;/h3*2,5H,1H2,(H,6,7)(H,8,9);;;1H4/q;;;+3;+1;+2/p-6. The van der Waals surface area contributed by atoms with Crippen LogP contribution < -0.4 is 60.2 Å². The summed E-state index contributed by atoms with van der Waals surface area (Å²) in [5.74, 6) is -10.3. The van der Waals surface area contributed by atoms with Gasteiger partial charge in [-0.3, -0.25) is 0 Å². The molecule has 0 aromatic carbocycles. The van der Waals surface area contributed by atoms with Crippen LogP contribution in [0, 0.1) is 0 Å². The van der Waals surface area contributed by atoms with Crippen molar-refractivity contribution in [1.82, 2.24) is 0 Å². The van der Waals surface area contributed by atoms with Gasteiger partial charge in [-0.25, -0.2) is 13.5 Å². The molecule has 0 rings (SSSR count). The molecule has 0 aliphatic rings. The molecule has 3 atom stereocenters. The number of rotatable bonds is 9. The monoisotopic (exact) mass is 652 g/mol. The van der Waals surface area contributed by atoms with Crippen LogP contribution in [-0.4, -0.2) is 69.4 Å². The fraction of sp³-hybridized carbons (Fsp3) is 0.500. The number of carboxylic acid groups (broad SMARTS) is 6. The number of carboxylic acids is 6. The second kappa shape index (κ2) is 24.1. The minimum Gasteiger partial charge on any atom is -0.550 e. The van der Waals surface area contributed by atoms with Crippen molar-refractivity contribution in [3.8, 4) is 0 Å². The molecule has 0 saturated heterocycles. The van der Waals surface area contributed by atoms with Crippen molar-refractivity contribution in [1.29, 1.82) is 0 Å². The molecule has 30 heavy (non-hydrogen) atoms. The summed E-state index contributed by atoms with van der Waals surface area (Å²) >= 11 is 0. The van der Waals surface area contributed by atoms with E-state index in [4.69, 9.17) is 15.3 Å². The van der Waals surface area contributed by atoms with E-state index in [1.54, 1.807) is 0 Å². The van der Waals surface area contributed by atoms with Crippen LogP contribution in [0.5, 0.6) is 0 Å². The van der Waals surface area contributed by atoms with Gasteiger partial charge in [-0.05, 0) is 0 Å². The Balaban J connectivity index is -0.0000000686. The van der Waals surface area contributed by atoms with Crippen LogP contribution in [0.15, 0.2) is 0 Å². The molecule has 0 heterocycles. The Morgan fingerprint density at radius 2 is 0.667 bits per heavy atom. The number of aliphatic hydroxyl groups is 3. The van der Waals surface area contributed by atoms with Gasteiger partial charge < -0.3 is 74.7 Å². The summed E-state index contributed by atoms with van der Waals surface area (Å²) in [4.78, 5) is 57.4. The molecule has 3 N–H and O–H groups in total. The maximum Gasteiger partial charge on any atom is 3.00 e. The third kappa shape index (κ3) is 34.3. The number of aliphatic hydroxyl groups excluding tert-OH is 3. The second-order valence-corrected chi connectivity index (χ2v) is 4.23. The van der Waals surface area contributed by atoms with E-state index in [-0.39, 0.29) is 65.4 Å². The van der Waals surface area contributed by atoms with Gasteiger partial charge in [0.2, 0.25) is 0 Å². The second-order valence-electron chi connectivity index (χ2n) is 4.23. The van der Waals surface area contributed by atoms with Gasteiger partial charge in [0.1, 0.15) is 0 Å². The van der Waals surface area contributed by atoms with E-state index in [0.29, 0.717) is 0 Å². The van der Waals surface area contributed by atoms with Gasteiger partial charge in [0, 0.05) is 37.2 Å². The van der Waals surface area contributed by atoms with Crippen LogP contribution in [0.2, 0.25) is 0 Å². The summed E-state index contributed by atoms with van der Waals surface area (Å²) in [6.45, 7) is 0. The maximum atomic E-state index is 9.58. The first-order valence-corrected chi connectivity index (χ1v) is 6.38. The zero-order valence-corrected chi connectivity index (χ0v) is 20.7. The van der Waals surface area contributed by atoms with Crippen LogP contribution in [-0.2, 0) is 64.6 Å². The summed E-state index contributed by atoms with van der Waals surface area (Å²) in [7, 11) is 0. The van der Waals surface area contributed by atoms with Crippen molar-refractivity contribution in [3.63, 3.8) is 0 Å². The normalized spacial score (nSPS) is 11.3. The molecule has 0 fully saturated rings. The Morgan fingerprint density at radius 1 is 0.533 bits per heavy atom. The van der Waals surface area contributed by atoms with E-state index < -0.39 is 73.4 Å². The Morgan fingerprint density at radius 3 is 0.700 bits per heavy atom. The number of aliphatic carboxylic acids is 6. The van der Waals surface area contributed by atoms with E-state index in [2.05, 4.69) is 0 Å². The predicted octanol–water partition coefficient (Wildman–Crippen LogP) is -15.4. The van der Waals surface area contributed by atoms with Crippen molar-refractivity contribution in [2.24, 2.45) is 0 Å². The van der Waals surface area contributed by atoms with Gasteiger partial charge in [-0.15, -0.1) is 0 Å². The number of carbonyl (C=O) groups excluding carboxylic acids is 6. The minimum atomic E-state index is -1.96. The first kappa shape index (κ1) is 42.8. The molecule has 0 amide bonds. The number of hydrogen-bond donors (Lipinski definition) is 3. The van der Waals surface area contributed by atoms with E-state index >= 15 is 0 Å². The molecule has 15 nitrogen and oxygen atoms in total. The van der Waals surface area contributed by atoms with Gasteiger partial charge in [0.15, 0.2) is 0 Å². The van der Waals surface area contributed by atoms with Crippen LogP contribution in [0.4, 0.5) is 0 Å². The summed E-state index contributed by atoms with van der Waals surface area (Å²) in [6.07, 6.45) is -8.67. The van der Waals surface area contributed by atoms with Gasteiger partial charge in [0.25, 0.3) is 0 Å². The van der Waals surface area contributed by atoms with Crippen molar-refractivity contribution in [2.45, 2.75) is 37.6 Å². The fourth-order valence-corrected chi connectivity index (χ4v) is 0.724. The number of carbonyl (C=O) groups is 6. The molecule has 0 radical (unpaired) electrons. The van der Waals surface area contributed by atoms with Crippen LogP contribution >= 0.6 is 0 Å². The zero-order valence-electron chi connectivity index (χ0n) is 15.1. The quantitative estimate of drug-likeness (QED) is 0.195. The van der Waals surface area contributed by atoms with E-state index in [1.807, 2.05) is 0 Å². The first-order valence-electron chi connectivity index (χ1n) is 6.38. The summed E-state index contributed by atoms with van der Waals surface area (Å²) in [6, 6.07) is 0. The molecule has 0 bridgehead atoms. The largest absolute Gasteiger partial charge is 3.00 e. The summed E-state index contributed by atoms with van der Waals surface area (Å²) in [5, 5.41) is 82.0. The average molecular weight is 652 g/mol. The Labute approximate surface area is 212 Å². The molecular formula is C12H16AuNaO15S. The first-order chi connectivity index (χ1) is 12.1. The summed E-state index contributed by atoms with van der Waals surface area (Å²) < 4.78 is 0. The van der Waals surface area contributed by atoms with E-state index in [0.717, 1.165) is 0 Å². The Hall–Kier alpha value is -1.21. The van der Waals surface area contributed by atoms with Crippen LogP contribution in [0.3, 0.4) is 0 Å². The molecule has 0 saturated carbocycles. The maximum absolute atomic E-state index is 9.58. The molecule has 0 aliphatic heterocycles. The fourth-order valence-electron chi connectivity index (χ4n) is 0.724. The van der Waals surface area contributed by atoms with Gasteiger partial charge in [-0.1, -0.05) is 0 Å². The Bertz CT molecular complexity index is 482. The third-order valence-corrected chi connectivity index (χ3v) is 1.90. The van der Waals surface area contributed by atoms with Crippen molar-refractivity contribution < 1.29 is 127 Å². The SMILES string of the molecule is O=C([O-])CC(O)C(=O)[O-].O=C([O-])CC(O)C(=O)[O-].O=C([O-])CC(O)C(=O)[O-].[Au+3].[Na+].[SH4+2]. The van der Waals surface area contributed by atoms with E-state index in [9.17, 15) is 59.4 Å². The molecule has 0 aromatic rings. The predicted molar refractivity (Wildman–Crippen MR) is 74.9 cm³/mol. The third-order valence-electron chi connectivity index (χ3n) is 1.90. The molecule has 0 aromatic heterocycles. The van der Waals surface area contributed by atoms with Gasteiger partial charge in [-0.2, -0.15) is 0 Å². The number of hydrogen-bond acceptors (Lipinski definition) is 15. The van der Waals surface area contributed by atoms with Crippen molar-refractivity contribution in [3.05, 3.63) is 0 Å².